The summed E-state index contributed by atoms with van der Waals surface area (Å²) < 4.78 is 27.2. The number of hydrogen-bond acceptors (Lipinski definition) is 4. The Kier molecular flexibility index (Phi) is 11.2. The molecule has 0 heterocycles. The molecule has 214 valence electrons. The lowest BCUT2D eigenvalue weighted by atomic mass is 10.0. The first-order valence-corrected chi connectivity index (χ1v) is 15.6. The molecule has 0 saturated heterocycles. The molecule has 40 heavy (non-hydrogen) atoms. The number of amides is 2. The molecule has 0 aliphatic rings. The minimum atomic E-state index is -3.83. The molecule has 3 aromatic carbocycles. The molecule has 3 rings (SSSR count). The highest BCUT2D eigenvalue weighted by Crippen LogP contribution is 2.27. The number of aryl methyl sites for hydroxylation is 2. The predicted molar refractivity (Wildman–Crippen MR) is 162 cm³/mol. The number of para-hydroxylation sites is 1. The lowest BCUT2D eigenvalue weighted by Gasteiger charge is -2.34. The summed E-state index contributed by atoms with van der Waals surface area (Å²) in [5, 5.41) is 3.48. The Morgan fingerprint density at radius 2 is 1.55 bits per heavy atom. The monoisotopic (exact) mass is 583 g/mol. The van der Waals surface area contributed by atoms with Gasteiger partial charge in [-0.2, -0.15) is 0 Å². The third-order valence-corrected chi connectivity index (χ3v) is 8.06. The first-order chi connectivity index (χ1) is 19.0. The lowest BCUT2D eigenvalue weighted by molar-refractivity contribution is -0.140. The van der Waals surface area contributed by atoms with Crippen LogP contribution in [0.2, 0.25) is 5.02 Å². The number of nitrogens with one attached hydrogen (secondary N) is 1. The van der Waals surface area contributed by atoms with Crippen molar-refractivity contribution in [1.82, 2.24) is 10.2 Å². The van der Waals surface area contributed by atoms with Crippen molar-refractivity contribution >= 4 is 39.1 Å². The SMILES string of the molecule is CCCCNC(=O)[C@H](Cc1ccccc1)N(Cc1cccc(Cl)c1)C(=O)CN(c1c(C)cccc1C)S(C)(=O)=O. The molecular formula is C31H38ClN3O4S. The van der Waals surface area contributed by atoms with Crippen molar-refractivity contribution in [2.24, 2.45) is 0 Å². The van der Waals surface area contributed by atoms with Crippen LogP contribution in [0.4, 0.5) is 5.69 Å². The van der Waals surface area contributed by atoms with Crippen molar-refractivity contribution in [3.05, 3.63) is 100 Å². The fraction of sp³-hybridized carbons (Fsp3) is 0.355. The highest BCUT2D eigenvalue weighted by Gasteiger charge is 2.33. The maximum absolute atomic E-state index is 14.2. The van der Waals surface area contributed by atoms with Gasteiger partial charge in [-0.05, 0) is 54.7 Å². The second-order valence-corrected chi connectivity index (χ2v) is 12.4. The highest BCUT2D eigenvalue weighted by molar-refractivity contribution is 7.92. The molecule has 0 aliphatic carbocycles. The first kappa shape index (κ1) is 31.2. The quantitative estimate of drug-likeness (QED) is 0.277. The van der Waals surface area contributed by atoms with Crippen molar-refractivity contribution in [2.45, 2.75) is 52.6 Å². The zero-order valence-corrected chi connectivity index (χ0v) is 25.1. The Bertz CT molecular complexity index is 1390. The van der Waals surface area contributed by atoms with Crippen molar-refractivity contribution in [2.75, 3.05) is 23.7 Å². The van der Waals surface area contributed by atoms with Gasteiger partial charge in [-0.15, -0.1) is 0 Å². The van der Waals surface area contributed by atoms with Crippen LogP contribution in [0.5, 0.6) is 0 Å². The number of halogens is 1. The molecule has 7 nitrogen and oxygen atoms in total. The molecule has 1 atom stereocenters. The van der Waals surface area contributed by atoms with Gasteiger partial charge in [-0.25, -0.2) is 8.42 Å². The molecule has 0 aromatic heterocycles. The van der Waals surface area contributed by atoms with Gasteiger partial charge in [0.1, 0.15) is 12.6 Å². The Morgan fingerprint density at radius 3 is 2.15 bits per heavy atom. The van der Waals surface area contributed by atoms with Crippen LogP contribution in [0, 0.1) is 13.8 Å². The largest absolute Gasteiger partial charge is 0.354 e. The zero-order valence-electron chi connectivity index (χ0n) is 23.6. The maximum atomic E-state index is 14.2. The Morgan fingerprint density at radius 1 is 0.925 bits per heavy atom. The predicted octanol–water partition coefficient (Wildman–Crippen LogP) is 5.28. The summed E-state index contributed by atoms with van der Waals surface area (Å²) in [6.07, 6.45) is 3.08. The summed E-state index contributed by atoms with van der Waals surface area (Å²) >= 11 is 6.25. The first-order valence-electron chi connectivity index (χ1n) is 13.4. The number of anilines is 1. The number of nitrogens with zero attached hydrogens (tertiary/aromatic N) is 2. The average molecular weight is 584 g/mol. The van der Waals surface area contributed by atoms with Gasteiger partial charge in [0.15, 0.2) is 0 Å². The average Bonchev–Trinajstić information content (AvgIpc) is 2.90. The summed E-state index contributed by atoms with van der Waals surface area (Å²) in [5.41, 5.74) is 3.55. The van der Waals surface area contributed by atoms with Gasteiger partial charge in [-0.3, -0.25) is 13.9 Å². The van der Waals surface area contributed by atoms with Crippen molar-refractivity contribution in [3.63, 3.8) is 0 Å². The van der Waals surface area contributed by atoms with Crippen LogP contribution in [-0.2, 0) is 32.6 Å². The van der Waals surface area contributed by atoms with Crippen LogP contribution in [0.3, 0.4) is 0 Å². The standard InChI is InChI=1S/C31H38ClN3O4S/c1-5-6-18-33-31(37)28(20-25-14-8-7-9-15-25)34(21-26-16-11-17-27(32)19-26)29(36)22-35(40(4,38)39)30-23(2)12-10-13-24(30)3/h7-17,19,28H,5-6,18,20-22H2,1-4H3,(H,33,37)/t28-/m0/s1. The van der Waals surface area contributed by atoms with Crippen LogP contribution in [-0.4, -0.2) is 50.5 Å². The van der Waals surface area contributed by atoms with E-state index in [-0.39, 0.29) is 18.9 Å². The maximum Gasteiger partial charge on any atom is 0.244 e. The molecule has 0 bridgehead atoms. The van der Waals surface area contributed by atoms with Gasteiger partial charge in [0.2, 0.25) is 21.8 Å². The smallest absolute Gasteiger partial charge is 0.244 e. The van der Waals surface area contributed by atoms with E-state index in [1.54, 1.807) is 18.2 Å². The van der Waals surface area contributed by atoms with E-state index >= 15 is 0 Å². The fourth-order valence-corrected chi connectivity index (χ4v) is 5.84. The second kappa shape index (κ2) is 14.3. The number of unbranched alkanes of at least 4 members (excludes halogenated alkanes) is 1. The van der Waals surface area contributed by atoms with Crippen LogP contribution in [0.25, 0.3) is 0 Å². The van der Waals surface area contributed by atoms with Crippen LogP contribution in [0.1, 0.15) is 42.0 Å². The Hall–Kier alpha value is -3.36. The number of rotatable bonds is 13. The zero-order chi connectivity index (χ0) is 29.3. The second-order valence-electron chi connectivity index (χ2n) is 10.0. The van der Waals surface area contributed by atoms with Gasteiger partial charge >= 0.3 is 0 Å². The normalized spacial score (nSPS) is 12.0. The topological polar surface area (TPSA) is 86.8 Å². The van der Waals surface area contributed by atoms with E-state index in [1.807, 2.05) is 75.4 Å². The van der Waals surface area contributed by atoms with E-state index in [0.717, 1.165) is 45.7 Å². The number of carbonyl (C=O) groups is 2. The fourth-order valence-electron chi connectivity index (χ4n) is 4.67. The van der Waals surface area contributed by atoms with E-state index in [1.165, 1.54) is 4.90 Å². The van der Waals surface area contributed by atoms with E-state index in [4.69, 9.17) is 11.6 Å². The van der Waals surface area contributed by atoms with Gasteiger partial charge in [0.25, 0.3) is 0 Å². The summed E-state index contributed by atoms with van der Waals surface area (Å²) in [4.78, 5) is 29.3. The van der Waals surface area contributed by atoms with E-state index < -0.39 is 28.5 Å². The van der Waals surface area contributed by atoms with Crippen LogP contribution >= 0.6 is 11.6 Å². The summed E-state index contributed by atoms with van der Waals surface area (Å²) in [6.45, 7) is 5.79. The lowest BCUT2D eigenvalue weighted by Crippen LogP contribution is -2.53. The third kappa shape index (κ3) is 8.57. The van der Waals surface area contributed by atoms with Gasteiger partial charge in [-0.1, -0.05) is 85.6 Å². The van der Waals surface area contributed by atoms with Crippen LogP contribution in [0.15, 0.2) is 72.8 Å². The molecule has 0 spiro atoms. The Labute approximate surface area is 243 Å². The van der Waals surface area contributed by atoms with E-state index in [9.17, 15) is 18.0 Å². The number of sulfonamides is 1. The van der Waals surface area contributed by atoms with Crippen molar-refractivity contribution in [3.8, 4) is 0 Å². The molecular weight excluding hydrogens is 546 g/mol. The molecule has 0 aliphatic heterocycles. The molecule has 0 unspecified atom stereocenters. The summed E-state index contributed by atoms with van der Waals surface area (Å²) in [5.74, 6) is -0.773. The van der Waals surface area contributed by atoms with Gasteiger partial charge in [0.05, 0.1) is 11.9 Å². The van der Waals surface area contributed by atoms with Crippen molar-refractivity contribution < 1.29 is 18.0 Å². The van der Waals surface area contributed by atoms with Gasteiger partial charge < -0.3 is 10.2 Å². The minimum Gasteiger partial charge on any atom is -0.354 e. The number of benzene rings is 3. The molecule has 2 amide bonds. The van der Waals surface area contributed by atoms with E-state index in [0.29, 0.717) is 17.3 Å². The minimum absolute atomic E-state index is 0.0858. The highest BCUT2D eigenvalue weighted by atomic mass is 35.5. The molecule has 3 aromatic rings. The molecule has 9 heteroatoms. The molecule has 0 radical (unpaired) electrons. The molecule has 1 N–H and O–H groups in total. The summed E-state index contributed by atoms with van der Waals surface area (Å²) in [6, 6.07) is 21.2. The third-order valence-electron chi connectivity index (χ3n) is 6.71. The number of hydrogen-bond donors (Lipinski definition) is 1. The molecule has 0 saturated carbocycles. The van der Waals surface area contributed by atoms with Gasteiger partial charge in [0, 0.05) is 24.5 Å². The van der Waals surface area contributed by atoms with E-state index in [2.05, 4.69) is 5.32 Å². The van der Waals surface area contributed by atoms with Crippen LogP contribution < -0.4 is 9.62 Å². The van der Waals surface area contributed by atoms with Crippen molar-refractivity contribution in [1.29, 1.82) is 0 Å². The number of carbonyl (C=O) groups excluding carboxylic acids is 2. The summed E-state index contributed by atoms with van der Waals surface area (Å²) in [7, 11) is -3.83. The molecule has 0 fully saturated rings. The Balaban J connectivity index is 2.07.